The number of urea groups is 1. The number of rotatable bonds is 7. The molecule has 0 bridgehead atoms. The van der Waals surface area contributed by atoms with Gasteiger partial charge in [0.1, 0.15) is 5.69 Å². The van der Waals surface area contributed by atoms with Crippen LogP contribution in [0.1, 0.15) is 24.8 Å². The molecule has 1 fully saturated rings. The van der Waals surface area contributed by atoms with E-state index in [1.54, 1.807) is 11.9 Å². The van der Waals surface area contributed by atoms with Crippen LogP contribution in [-0.4, -0.2) is 43.5 Å². The van der Waals surface area contributed by atoms with Gasteiger partial charge in [0.25, 0.3) is 0 Å². The van der Waals surface area contributed by atoms with Gasteiger partial charge in [-0.2, -0.15) is 0 Å². The fourth-order valence-electron chi connectivity index (χ4n) is 3.45. The van der Waals surface area contributed by atoms with Crippen LogP contribution in [0.25, 0.3) is 0 Å². The molecule has 2 aromatic carbocycles. The SMILES string of the molecule is CN(Cc1ccccc1)C(=O)NCCC(=O)Nc1cc(F)c(N2CCCC2)c(F)c1. The van der Waals surface area contributed by atoms with E-state index in [0.717, 1.165) is 30.5 Å². The second-order valence-electron chi connectivity index (χ2n) is 7.35. The number of carbonyl (C=O) groups is 2. The largest absolute Gasteiger partial charge is 0.367 e. The summed E-state index contributed by atoms with van der Waals surface area (Å²) in [6.07, 6.45) is 1.80. The van der Waals surface area contributed by atoms with Crippen LogP contribution in [0.3, 0.4) is 0 Å². The highest BCUT2D eigenvalue weighted by atomic mass is 19.1. The molecule has 2 N–H and O–H groups in total. The highest BCUT2D eigenvalue weighted by Crippen LogP contribution is 2.29. The molecule has 0 atom stereocenters. The number of carbonyl (C=O) groups excluding carboxylic acids is 2. The molecule has 6 nitrogen and oxygen atoms in total. The van der Waals surface area contributed by atoms with Crippen LogP contribution in [-0.2, 0) is 11.3 Å². The predicted octanol–water partition coefficient (Wildman–Crippen LogP) is 3.74. The van der Waals surface area contributed by atoms with Crippen molar-refractivity contribution in [3.8, 4) is 0 Å². The van der Waals surface area contributed by atoms with Crippen molar-refractivity contribution in [2.24, 2.45) is 0 Å². The second-order valence-corrected chi connectivity index (χ2v) is 7.35. The Labute approximate surface area is 174 Å². The van der Waals surface area contributed by atoms with Crippen LogP contribution in [0, 0.1) is 11.6 Å². The van der Waals surface area contributed by atoms with Gasteiger partial charge in [-0.15, -0.1) is 0 Å². The van der Waals surface area contributed by atoms with Crippen molar-refractivity contribution in [2.75, 3.05) is 36.9 Å². The first-order valence-corrected chi connectivity index (χ1v) is 10.0. The van der Waals surface area contributed by atoms with Crippen LogP contribution < -0.4 is 15.5 Å². The summed E-state index contributed by atoms with van der Waals surface area (Å²) in [7, 11) is 1.66. The van der Waals surface area contributed by atoms with Gasteiger partial charge >= 0.3 is 6.03 Å². The molecule has 0 spiro atoms. The average molecular weight is 416 g/mol. The van der Waals surface area contributed by atoms with Crippen molar-refractivity contribution >= 4 is 23.3 Å². The third kappa shape index (κ3) is 5.68. The van der Waals surface area contributed by atoms with Gasteiger partial charge in [-0.3, -0.25) is 4.79 Å². The van der Waals surface area contributed by atoms with Crippen molar-refractivity contribution in [3.63, 3.8) is 0 Å². The molecule has 1 heterocycles. The number of anilines is 2. The van der Waals surface area contributed by atoms with E-state index in [9.17, 15) is 18.4 Å². The third-order valence-electron chi connectivity index (χ3n) is 4.96. The number of hydrogen-bond donors (Lipinski definition) is 2. The van der Waals surface area contributed by atoms with Gasteiger partial charge in [0.05, 0.1) is 0 Å². The smallest absolute Gasteiger partial charge is 0.317 e. The molecule has 30 heavy (non-hydrogen) atoms. The Bertz CT molecular complexity index is 863. The minimum absolute atomic E-state index is 0.0119. The summed E-state index contributed by atoms with van der Waals surface area (Å²) in [6, 6.07) is 11.5. The highest BCUT2D eigenvalue weighted by molar-refractivity contribution is 5.91. The van der Waals surface area contributed by atoms with Crippen molar-refractivity contribution in [1.29, 1.82) is 0 Å². The minimum Gasteiger partial charge on any atom is -0.367 e. The summed E-state index contributed by atoms with van der Waals surface area (Å²) < 4.78 is 28.7. The van der Waals surface area contributed by atoms with Gasteiger partial charge in [0.15, 0.2) is 11.6 Å². The first kappa shape index (κ1) is 21.5. The summed E-state index contributed by atoms with van der Waals surface area (Å²) in [5, 5.41) is 5.14. The molecule has 1 aliphatic heterocycles. The lowest BCUT2D eigenvalue weighted by molar-refractivity contribution is -0.116. The quantitative estimate of drug-likeness (QED) is 0.723. The molecule has 2 aromatic rings. The molecule has 0 aromatic heterocycles. The van der Waals surface area contributed by atoms with E-state index in [1.807, 2.05) is 30.3 Å². The lowest BCUT2D eigenvalue weighted by Crippen LogP contribution is -2.38. The van der Waals surface area contributed by atoms with E-state index < -0.39 is 17.5 Å². The summed E-state index contributed by atoms with van der Waals surface area (Å²) in [5.74, 6) is -1.82. The molecule has 0 unspecified atom stereocenters. The van der Waals surface area contributed by atoms with E-state index in [0.29, 0.717) is 19.6 Å². The van der Waals surface area contributed by atoms with Crippen molar-refractivity contribution < 1.29 is 18.4 Å². The summed E-state index contributed by atoms with van der Waals surface area (Å²) in [5.41, 5.74) is 1.01. The lowest BCUT2D eigenvalue weighted by Gasteiger charge is -2.20. The van der Waals surface area contributed by atoms with E-state index in [2.05, 4.69) is 10.6 Å². The topological polar surface area (TPSA) is 64.7 Å². The molecular weight excluding hydrogens is 390 g/mol. The van der Waals surface area contributed by atoms with Crippen molar-refractivity contribution in [1.82, 2.24) is 10.2 Å². The van der Waals surface area contributed by atoms with Gasteiger partial charge in [-0.05, 0) is 30.5 Å². The zero-order valence-electron chi connectivity index (χ0n) is 17.0. The van der Waals surface area contributed by atoms with Crippen LogP contribution in [0.2, 0.25) is 0 Å². The average Bonchev–Trinajstić information content (AvgIpc) is 3.22. The molecule has 1 saturated heterocycles. The third-order valence-corrected chi connectivity index (χ3v) is 4.96. The van der Waals surface area contributed by atoms with Gasteiger partial charge in [0.2, 0.25) is 5.91 Å². The van der Waals surface area contributed by atoms with Crippen LogP contribution in [0.4, 0.5) is 25.0 Å². The lowest BCUT2D eigenvalue weighted by atomic mass is 10.2. The number of benzene rings is 2. The Morgan fingerprint density at radius 2 is 1.70 bits per heavy atom. The molecule has 3 rings (SSSR count). The fourth-order valence-corrected chi connectivity index (χ4v) is 3.45. The summed E-state index contributed by atoms with van der Waals surface area (Å²) >= 11 is 0. The summed E-state index contributed by atoms with van der Waals surface area (Å²) in [4.78, 5) is 27.4. The Kier molecular flexibility index (Phi) is 7.21. The molecular formula is C22H26F2N4O2. The van der Waals surface area contributed by atoms with Gasteiger partial charge in [0, 0.05) is 45.3 Å². The molecule has 0 radical (unpaired) electrons. The van der Waals surface area contributed by atoms with E-state index >= 15 is 0 Å². The zero-order valence-corrected chi connectivity index (χ0v) is 17.0. The number of nitrogens with one attached hydrogen (secondary N) is 2. The Morgan fingerprint density at radius 1 is 1.07 bits per heavy atom. The molecule has 0 saturated carbocycles. The normalized spacial score (nSPS) is 13.2. The molecule has 8 heteroatoms. The molecule has 1 aliphatic rings. The number of hydrogen-bond acceptors (Lipinski definition) is 3. The van der Waals surface area contributed by atoms with E-state index in [1.165, 1.54) is 4.90 Å². The van der Waals surface area contributed by atoms with Crippen LogP contribution in [0.5, 0.6) is 0 Å². The van der Waals surface area contributed by atoms with Gasteiger partial charge in [-0.25, -0.2) is 13.6 Å². The van der Waals surface area contributed by atoms with Crippen molar-refractivity contribution in [2.45, 2.75) is 25.8 Å². The standard InChI is InChI=1S/C22H26F2N4O2/c1-27(15-16-7-3-2-4-8-16)22(30)25-10-9-20(29)26-17-13-18(23)21(19(24)14-17)28-11-5-6-12-28/h2-4,7-8,13-14H,5-6,9-12,15H2,1H3,(H,25,30)(H,26,29). The highest BCUT2D eigenvalue weighted by Gasteiger charge is 2.21. The Morgan fingerprint density at radius 3 is 2.33 bits per heavy atom. The number of amides is 3. The van der Waals surface area contributed by atoms with Crippen LogP contribution in [0.15, 0.2) is 42.5 Å². The Hall–Kier alpha value is -3.16. The van der Waals surface area contributed by atoms with Crippen LogP contribution >= 0.6 is 0 Å². The molecule has 0 aliphatic carbocycles. The maximum absolute atomic E-state index is 14.3. The predicted molar refractivity (Wildman–Crippen MR) is 112 cm³/mol. The molecule has 160 valence electrons. The number of nitrogens with zero attached hydrogens (tertiary/aromatic N) is 2. The van der Waals surface area contributed by atoms with Crippen molar-refractivity contribution in [3.05, 3.63) is 59.7 Å². The number of halogens is 2. The zero-order chi connectivity index (χ0) is 21.5. The first-order chi connectivity index (χ1) is 14.4. The first-order valence-electron chi connectivity index (χ1n) is 10.0. The second kappa shape index (κ2) is 10.0. The molecule has 3 amide bonds. The van der Waals surface area contributed by atoms with E-state index in [-0.39, 0.29) is 30.4 Å². The monoisotopic (exact) mass is 416 g/mol. The van der Waals surface area contributed by atoms with Gasteiger partial charge in [-0.1, -0.05) is 30.3 Å². The maximum atomic E-state index is 14.3. The Balaban J connectivity index is 1.46. The maximum Gasteiger partial charge on any atom is 0.317 e. The minimum atomic E-state index is -0.692. The van der Waals surface area contributed by atoms with Gasteiger partial charge < -0.3 is 20.4 Å². The fraction of sp³-hybridized carbons (Fsp3) is 0.364. The summed E-state index contributed by atoms with van der Waals surface area (Å²) in [6.45, 7) is 1.80. The van der Waals surface area contributed by atoms with E-state index in [4.69, 9.17) is 0 Å².